The van der Waals surface area contributed by atoms with E-state index >= 15 is 0 Å². The minimum atomic E-state index is -0.155. The van der Waals surface area contributed by atoms with E-state index in [1.54, 1.807) is 0 Å². The van der Waals surface area contributed by atoms with E-state index in [1.807, 2.05) is 35.7 Å². The number of carbonyl (C=O) groups is 1. The van der Waals surface area contributed by atoms with E-state index < -0.39 is 0 Å². The molecule has 23 heavy (non-hydrogen) atoms. The average molecular weight is 329 g/mol. The second-order valence-corrected chi connectivity index (χ2v) is 7.29. The maximum Gasteiger partial charge on any atom is 0.312 e. The molecule has 2 aliphatic rings. The first-order valence-corrected chi connectivity index (χ1v) is 8.95. The van der Waals surface area contributed by atoms with Gasteiger partial charge in [-0.25, -0.2) is 4.98 Å². The van der Waals surface area contributed by atoms with Crippen molar-refractivity contribution in [1.82, 2.24) is 4.98 Å². The molecule has 2 aromatic rings. The van der Waals surface area contributed by atoms with Crippen molar-refractivity contribution >= 4 is 17.3 Å². The monoisotopic (exact) mass is 329 g/mol. The van der Waals surface area contributed by atoms with Crippen LogP contribution in [0.15, 0.2) is 35.7 Å². The van der Waals surface area contributed by atoms with E-state index in [-0.39, 0.29) is 18.5 Å². The summed E-state index contributed by atoms with van der Waals surface area (Å²) in [5.41, 5.74) is 0.773. The molecule has 0 amide bonds. The third-order valence-electron chi connectivity index (χ3n) is 4.53. The summed E-state index contributed by atoms with van der Waals surface area (Å²) in [5.74, 6) is 2.32. The molecule has 0 saturated heterocycles. The number of benzene rings is 1. The molecule has 2 atom stereocenters. The van der Waals surface area contributed by atoms with Crippen LogP contribution in [-0.2, 0) is 22.6 Å². The normalized spacial score (nSPS) is 25.0. The highest BCUT2D eigenvalue weighted by Crippen LogP contribution is 2.52. The topological polar surface area (TPSA) is 48.4 Å². The predicted molar refractivity (Wildman–Crippen MR) is 87.3 cm³/mol. The lowest BCUT2D eigenvalue weighted by Gasteiger charge is -2.12. The third-order valence-corrected chi connectivity index (χ3v) is 5.40. The van der Waals surface area contributed by atoms with Crippen LogP contribution in [0.1, 0.15) is 30.0 Å². The number of hydrogen-bond donors (Lipinski definition) is 0. The highest BCUT2D eigenvalue weighted by molar-refractivity contribution is 7.09. The van der Waals surface area contributed by atoms with Gasteiger partial charge in [-0.05, 0) is 43.2 Å². The van der Waals surface area contributed by atoms with Crippen molar-refractivity contribution in [2.24, 2.45) is 11.8 Å². The first kappa shape index (κ1) is 14.7. The second kappa shape index (κ2) is 6.32. The lowest BCUT2D eigenvalue weighted by atomic mass is 10.2. The Morgan fingerprint density at radius 2 is 1.96 bits per heavy atom. The molecule has 0 bridgehead atoms. The molecule has 5 heteroatoms. The van der Waals surface area contributed by atoms with Gasteiger partial charge in [0, 0.05) is 5.38 Å². The smallest absolute Gasteiger partial charge is 0.312 e. The van der Waals surface area contributed by atoms with Crippen molar-refractivity contribution < 1.29 is 14.3 Å². The number of ether oxygens (including phenoxy) is 2. The highest BCUT2D eigenvalue weighted by atomic mass is 32.1. The summed E-state index contributed by atoms with van der Waals surface area (Å²) < 4.78 is 11.2. The first-order valence-electron chi connectivity index (χ1n) is 8.07. The Bertz CT molecular complexity index is 675. The highest BCUT2D eigenvalue weighted by Gasteiger charge is 2.47. The Hall–Kier alpha value is -1.88. The van der Waals surface area contributed by atoms with Gasteiger partial charge >= 0.3 is 5.97 Å². The van der Waals surface area contributed by atoms with E-state index in [2.05, 4.69) is 4.98 Å². The molecule has 2 saturated carbocycles. The number of carbonyl (C=O) groups excluding carboxylic acids is 1. The van der Waals surface area contributed by atoms with Crippen molar-refractivity contribution in [2.75, 3.05) is 0 Å². The number of hydrogen-bond acceptors (Lipinski definition) is 5. The molecule has 2 aliphatic carbocycles. The van der Waals surface area contributed by atoms with Gasteiger partial charge in [0.25, 0.3) is 0 Å². The van der Waals surface area contributed by atoms with Crippen LogP contribution >= 0.6 is 11.3 Å². The Balaban J connectivity index is 1.25. The van der Waals surface area contributed by atoms with E-state index in [0.717, 1.165) is 41.1 Å². The van der Waals surface area contributed by atoms with Crippen LogP contribution < -0.4 is 4.74 Å². The van der Waals surface area contributed by atoms with Crippen molar-refractivity contribution in [3.05, 3.63) is 46.4 Å². The van der Waals surface area contributed by atoms with Crippen LogP contribution in [0.25, 0.3) is 0 Å². The Morgan fingerprint density at radius 3 is 2.74 bits per heavy atom. The van der Waals surface area contributed by atoms with Gasteiger partial charge in [0.2, 0.25) is 0 Å². The maximum absolute atomic E-state index is 12.0. The van der Waals surface area contributed by atoms with Crippen molar-refractivity contribution in [3.63, 3.8) is 0 Å². The summed E-state index contributed by atoms with van der Waals surface area (Å²) in [6, 6.07) is 9.65. The number of para-hydroxylation sites is 1. The molecule has 1 aromatic heterocycles. The third kappa shape index (κ3) is 3.72. The van der Waals surface area contributed by atoms with Crippen LogP contribution in [0.5, 0.6) is 5.75 Å². The number of aromatic nitrogens is 1. The number of esters is 1. The van der Waals surface area contributed by atoms with E-state index in [4.69, 9.17) is 9.47 Å². The fourth-order valence-electron chi connectivity index (χ4n) is 3.29. The zero-order valence-electron chi connectivity index (χ0n) is 12.8. The molecule has 0 radical (unpaired) electrons. The molecule has 4 nitrogen and oxygen atoms in total. The largest absolute Gasteiger partial charge is 0.486 e. The van der Waals surface area contributed by atoms with Gasteiger partial charge in [0.1, 0.15) is 23.5 Å². The summed E-state index contributed by atoms with van der Waals surface area (Å²) in [6.45, 7) is 0.426. The number of thiazole rings is 1. The number of nitrogens with zero attached hydrogens (tertiary/aromatic N) is 1. The van der Waals surface area contributed by atoms with Crippen molar-refractivity contribution in [3.8, 4) is 5.75 Å². The van der Waals surface area contributed by atoms with Crippen molar-refractivity contribution in [1.29, 1.82) is 0 Å². The average Bonchev–Trinajstić information content (AvgIpc) is 2.95. The fraction of sp³-hybridized carbons (Fsp3) is 0.444. The number of rotatable bonds is 6. The molecule has 120 valence electrons. The van der Waals surface area contributed by atoms with Gasteiger partial charge in [-0.3, -0.25) is 4.79 Å². The van der Waals surface area contributed by atoms with Gasteiger partial charge in [-0.15, -0.1) is 11.3 Å². The Morgan fingerprint density at radius 1 is 1.17 bits per heavy atom. The lowest BCUT2D eigenvalue weighted by Crippen LogP contribution is -2.18. The summed E-state index contributed by atoms with van der Waals surface area (Å²) in [7, 11) is 0. The van der Waals surface area contributed by atoms with Gasteiger partial charge in [0.05, 0.1) is 12.1 Å². The van der Waals surface area contributed by atoms with Crippen LogP contribution in [0.2, 0.25) is 0 Å². The molecular weight excluding hydrogens is 310 g/mol. The SMILES string of the molecule is O=C(Cc1csc(COc2ccccc2)n1)OC1CC2CC2C1. The number of fused-ring (bicyclic) bond motifs is 1. The molecule has 0 N–H and O–H groups in total. The molecule has 2 unspecified atom stereocenters. The molecular formula is C18H19NO3S. The zero-order chi connectivity index (χ0) is 15.6. The molecule has 2 fully saturated rings. The summed E-state index contributed by atoms with van der Waals surface area (Å²) >= 11 is 1.52. The van der Waals surface area contributed by atoms with E-state index in [1.165, 1.54) is 17.8 Å². The zero-order valence-corrected chi connectivity index (χ0v) is 13.6. The van der Waals surface area contributed by atoms with Crippen LogP contribution in [0.3, 0.4) is 0 Å². The van der Waals surface area contributed by atoms with Gasteiger partial charge in [-0.2, -0.15) is 0 Å². The maximum atomic E-state index is 12.0. The Kier molecular flexibility index (Phi) is 4.04. The lowest BCUT2D eigenvalue weighted by molar-refractivity contribution is -0.148. The first-order chi connectivity index (χ1) is 11.3. The van der Waals surface area contributed by atoms with E-state index in [9.17, 15) is 4.79 Å². The minimum absolute atomic E-state index is 0.144. The van der Waals surface area contributed by atoms with Crippen molar-refractivity contribution in [2.45, 2.75) is 38.4 Å². The van der Waals surface area contributed by atoms with Crippen LogP contribution in [-0.4, -0.2) is 17.1 Å². The molecule has 0 aliphatic heterocycles. The molecule has 0 spiro atoms. The second-order valence-electron chi connectivity index (χ2n) is 6.35. The fourth-order valence-corrected chi connectivity index (χ4v) is 3.99. The van der Waals surface area contributed by atoms with Crippen LogP contribution in [0.4, 0.5) is 0 Å². The molecule has 1 aromatic carbocycles. The quantitative estimate of drug-likeness (QED) is 0.760. The van der Waals surface area contributed by atoms with E-state index in [0.29, 0.717) is 6.61 Å². The van der Waals surface area contributed by atoms with Gasteiger partial charge < -0.3 is 9.47 Å². The van der Waals surface area contributed by atoms with Gasteiger partial charge in [0.15, 0.2) is 0 Å². The predicted octanol–water partition coefficient (Wildman–Crippen LogP) is 3.61. The summed E-state index contributed by atoms with van der Waals surface area (Å²) in [5, 5.41) is 2.79. The molecule has 4 rings (SSSR count). The minimum Gasteiger partial charge on any atom is -0.486 e. The molecule has 1 heterocycles. The summed E-state index contributed by atoms with van der Waals surface area (Å²) in [4.78, 5) is 16.4. The summed E-state index contributed by atoms with van der Waals surface area (Å²) in [6.07, 6.45) is 3.86. The Labute approximate surface area is 139 Å². The van der Waals surface area contributed by atoms with Gasteiger partial charge in [-0.1, -0.05) is 18.2 Å². The van der Waals surface area contributed by atoms with Crippen LogP contribution in [0, 0.1) is 11.8 Å². The standard InChI is InChI=1S/C18H19NO3S/c20-18(22-16-7-12-6-13(12)8-16)9-14-11-23-17(19-14)10-21-15-4-2-1-3-5-15/h1-5,11-13,16H,6-10H2.